The van der Waals surface area contributed by atoms with Gasteiger partial charge in [0.1, 0.15) is 0 Å². The second-order valence-electron chi connectivity index (χ2n) is 2.48. The molecule has 0 saturated heterocycles. The smallest absolute Gasteiger partial charge is 0.0542 e. The Hall–Kier alpha value is -0.150. The molecule has 0 atom stereocenters. The summed E-state index contributed by atoms with van der Waals surface area (Å²) in [4.78, 5) is 4.35. The third-order valence-corrected chi connectivity index (χ3v) is 2.73. The molecule has 1 rings (SSSR count). The van der Waals surface area contributed by atoms with E-state index in [4.69, 9.17) is 0 Å². The van der Waals surface area contributed by atoms with Gasteiger partial charge in [-0.3, -0.25) is 4.98 Å². The number of thioether (sulfide) groups is 2. The van der Waals surface area contributed by atoms with Crippen LogP contribution in [-0.2, 0) is 11.5 Å². The minimum Gasteiger partial charge on any atom is -0.260 e. The van der Waals surface area contributed by atoms with Crippen LogP contribution in [0.25, 0.3) is 0 Å². The Kier molecular flexibility index (Phi) is 4.54. The molecule has 0 aromatic carbocycles. The monoisotopic (exact) mass is 199 g/mol. The van der Waals surface area contributed by atoms with Gasteiger partial charge in [-0.25, -0.2) is 0 Å². The maximum Gasteiger partial charge on any atom is 0.0542 e. The van der Waals surface area contributed by atoms with Crippen LogP contribution >= 0.6 is 23.5 Å². The van der Waals surface area contributed by atoms with E-state index in [-0.39, 0.29) is 0 Å². The van der Waals surface area contributed by atoms with E-state index in [1.807, 2.05) is 35.8 Å². The van der Waals surface area contributed by atoms with E-state index >= 15 is 0 Å². The molecule has 0 fully saturated rings. The van der Waals surface area contributed by atoms with Crippen LogP contribution in [0.3, 0.4) is 0 Å². The summed E-state index contributed by atoms with van der Waals surface area (Å²) in [5, 5.41) is 0. The molecule has 0 spiro atoms. The summed E-state index contributed by atoms with van der Waals surface area (Å²) in [6.45, 7) is 0. The van der Waals surface area contributed by atoms with Gasteiger partial charge in [0.2, 0.25) is 0 Å². The van der Waals surface area contributed by atoms with Gasteiger partial charge in [-0.2, -0.15) is 23.5 Å². The zero-order valence-electron chi connectivity index (χ0n) is 7.41. The molecule has 0 amide bonds. The largest absolute Gasteiger partial charge is 0.260 e. The van der Waals surface area contributed by atoms with Gasteiger partial charge in [0.15, 0.2) is 0 Å². The molecule has 0 N–H and O–H groups in total. The lowest BCUT2D eigenvalue weighted by Crippen LogP contribution is -1.93. The maximum atomic E-state index is 4.35. The van der Waals surface area contributed by atoms with Crippen LogP contribution in [0.1, 0.15) is 11.3 Å². The highest BCUT2D eigenvalue weighted by Crippen LogP contribution is 2.16. The molecule has 3 heteroatoms. The Balaban J connectivity index is 2.77. The van der Waals surface area contributed by atoms with Crippen molar-refractivity contribution >= 4 is 23.5 Å². The van der Waals surface area contributed by atoms with Crippen molar-refractivity contribution in [3.05, 3.63) is 29.6 Å². The van der Waals surface area contributed by atoms with Crippen molar-refractivity contribution in [2.24, 2.45) is 0 Å². The second-order valence-corrected chi connectivity index (χ2v) is 4.21. The highest BCUT2D eigenvalue weighted by Gasteiger charge is 2.00. The SMILES string of the molecule is CSCc1cccnc1CSC. The van der Waals surface area contributed by atoms with Gasteiger partial charge in [-0.05, 0) is 24.1 Å². The first-order chi connectivity index (χ1) is 5.88. The Morgan fingerprint density at radius 1 is 1.25 bits per heavy atom. The van der Waals surface area contributed by atoms with Crippen LogP contribution in [0.5, 0.6) is 0 Å². The fourth-order valence-corrected chi connectivity index (χ4v) is 2.13. The summed E-state index contributed by atoms with van der Waals surface area (Å²) in [6.07, 6.45) is 6.10. The number of nitrogens with zero attached hydrogens (tertiary/aromatic N) is 1. The van der Waals surface area contributed by atoms with Gasteiger partial charge in [0, 0.05) is 17.7 Å². The van der Waals surface area contributed by atoms with Crippen LogP contribution in [0.2, 0.25) is 0 Å². The van der Waals surface area contributed by atoms with E-state index in [1.54, 1.807) is 0 Å². The standard InChI is InChI=1S/C9H13NS2/c1-11-6-8-4-3-5-10-9(8)7-12-2/h3-5H,6-7H2,1-2H3. The minimum atomic E-state index is 1.02. The Morgan fingerprint density at radius 3 is 2.67 bits per heavy atom. The average Bonchev–Trinajstić information content (AvgIpc) is 2.09. The van der Waals surface area contributed by atoms with Gasteiger partial charge >= 0.3 is 0 Å². The zero-order chi connectivity index (χ0) is 8.81. The summed E-state index contributed by atoms with van der Waals surface area (Å²) in [5.41, 5.74) is 2.61. The van der Waals surface area contributed by atoms with Crippen LogP contribution in [0, 0.1) is 0 Å². The van der Waals surface area contributed by atoms with Gasteiger partial charge < -0.3 is 0 Å². The van der Waals surface area contributed by atoms with E-state index in [0.29, 0.717) is 0 Å². The van der Waals surface area contributed by atoms with Gasteiger partial charge in [0.25, 0.3) is 0 Å². The maximum absolute atomic E-state index is 4.35. The quantitative estimate of drug-likeness (QED) is 0.740. The fourth-order valence-electron chi connectivity index (χ4n) is 1.02. The van der Waals surface area contributed by atoms with Crippen molar-refractivity contribution in [2.75, 3.05) is 12.5 Å². The van der Waals surface area contributed by atoms with Gasteiger partial charge in [-0.1, -0.05) is 6.07 Å². The fraction of sp³-hybridized carbons (Fsp3) is 0.444. The first-order valence-electron chi connectivity index (χ1n) is 3.79. The number of hydrogen-bond acceptors (Lipinski definition) is 3. The first-order valence-corrected chi connectivity index (χ1v) is 6.58. The lowest BCUT2D eigenvalue weighted by atomic mass is 10.2. The van der Waals surface area contributed by atoms with E-state index in [2.05, 4.69) is 23.6 Å². The average molecular weight is 199 g/mol. The Labute approximate surface area is 82.4 Å². The van der Waals surface area contributed by atoms with Crippen LogP contribution < -0.4 is 0 Å². The molecule has 1 heterocycles. The molecule has 0 aliphatic heterocycles. The van der Waals surface area contributed by atoms with Crippen molar-refractivity contribution in [1.82, 2.24) is 4.98 Å². The highest BCUT2D eigenvalue weighted by atomic mass is 32.2. The molecule has 0 radical (unpaired) electrons. The number of hydrogen-bond donors (Lipinski definition) is 0. The van der Waals surface area contributed by atoms with Crippen molar-refractivity contribution in [3.8, 4) is 0 Å². The van der Waals surface area contributed by atoms with Gasteiger partial charge in [0.05, 0.1) is 5.69 Å². The molecule has 1 aromatic rings. The van der Waals surface area contributed by atoms with E-state index in [0.717, 1.165) is 11.5 Å². The molecule has 12 heavy (non-hydrogen) atoms. The van der Waals surface area contributed by atoms with E-state index < -0.39 is 0 Å². The Morgan fingerprint density at radius 2 is 2.00 bits per heavy atom. The molecule has 0 unspecified atom stereocenters. The topological polar surface area (TPSA) is 12.9 Å². The van der Waals surface area contributed by atoms with Crippen molar-refractivity contribution in [1.29, 1.82) is 0 Å². The molecule has 66 valence electrons. The van der Waals surface area contributed by atoms with Crippen molar-refractivity contribution in [2.45, 2.75) is 11.5 Å². The van der Waals surface area contributed by atoms with Crippen molar-refractivity contribution in [3.63, 3.8) is 0 Å². The lowest BCUT2D eigenvalue weighted by Gasteiger charge is -2.04. The number of aromatic nitrogens is 1. The summed E-state index contributed by atoms with van der Waals surface area (Å²) >= 11 is 3.67. The number of pyridine rings is 1. The first kappa shape index (κ1) is 9.93. The minimum absolute atomic E-state index is 1.02. The molecule has 1 aromatic heterocycles. The van der Waals surface area contributed by atoms with Crippen LogP contribution in [0.15, 0.2) is 18.3 Å². The predicted molar refractivity (Wildman–Crippen MR) is 58.7 cm³/mol. The third kappa shape index (κ3) is 2.72. The molecule has 0 aliphatic carbocycles. The lowest BCUT2D eigenvalue weighted by molar-refractivity contribution is 1.12. The third-order valence-electron chi connectivity index (χ3n) is 1.57. The summed E-state index contributed by atoms with van der Waals surface area (Å²) in [7, 11) is 0. The molecule has 0 bridgehead atoms. The van der Waals surface area contributed by atoms with Crippen molar-refractivity contribution < 1.29 is 0 Å². The molecule has 1 nitrogen and oxygen atoms in total. The Bertz CT molecular complexity index is 213. The summed E-state index contributed by atoms with van der Waals surface area (Å²) < 4.78 is 0. The van der Waals surface area contributed by atoms with E-state index in [1.165, 1.54) is 11.3 Å². The molecular weight excluding hydrogens is 186 g/mol. The van der Waals surface area contributed by atoms with Crippen LogP contribution in [0.4, 0.5) is 0 Å². The predicted octanol–water partition coefficient (Wildman–Crippen LogP) is 2.81. The molecular formula is C9H13NS2. The second kappa shape index (κ2) is 5.49. The van der Waals surface area contributed by atoms with Gasteiger partial charge in [-0.15, -0.1) is 0 Å². The zero-order valence-corrected chi connectivity index (χ0v) is 9.04. The van der Waals surface area contributed by atoms with E-state index in [9.17, 15) is 0 Å². The number of rotatable bonds is 4. The molecule has 0 saturated carbocycles. The molecule has 0 aliphatic rings. The summed E-state index contributed by atoms with van der Waals surface area (Å²) in [6, 6.07) is 4.17. The highest BCUT2D eigenvalue weighted by molar-refractivity contribution is 7.98. The van der Waals surface area contributed by atoms with Crippen LogP contribution in [-0.4, -0.2) is 17.5 Å². The normalized spacial score (nSPS) is 10.2. The summed E-state index contributed by atoms with van der Waals surface area (Å²) in [5.74, 6) is 2.10.